The molecular formula is C10H9F2IO6S. The van der Waals surface area contributed by atoms with E-state index in [4.69, 9.17) is 9.29 Å². The average Bonchev–Trinajstić information content (AvgIpc) is 2.34. The van der Waals surface area contributed by atoms with E-state index in [0.717, 1.165) is 3.57 Å². The lowest BCUT2D eigenvalue weighted by Crippen LogP contribution is -2.35. The van der Waals surface area contributed by atoms with Crippen LogP contribution in [-0.4, -0.2) is 37.4 Å². The molecule has 1 rings (SSSR count). The van der Waals surface area contributed by atoms with E-state index in [-0.39, 0.29) is 0 Å². The third-order valence-corrected chi connectivity index (χ3v) is 3.54. The molecule has 20 heavy (non-hydrogen) atoms. The fourth-order valence-electron chi connectivity index (χ4n) is 0.954. The van der Waals surface area contributed by atoms with Crippen LogP contribution < -0.4 is 4.74 Å². The predicted molar refractivity (Wildman–Crippen MR) is 72.1 cm³/mol. The lowest BCUT2D eigenvalue weighted by Gasteiger charge is -2.13. The zero-order chi connectivity index (χ0) is 15.4. The van der Waals surface area contributed by atoms with Crippen LogP contribution in [0, 0.1) is 3.57 Å². The second kappa shape index (κ2) is 6.63. The Labute approximate surface area is 127 Å². The molecule has 0 aromatic heterocycles. The molecule has 0 unspecified atom stereocenters. The van der Waals surface area contributed by atoms with Gasteiger partial charge in [-0.1, -0.05) is 0 Å². The Morgan fingerprint density at radius 1 is 1.30 bits per heavy atom. The Balaban J connectivity index is 2.43. The first-order valence-corrected chi connectivity index (χ1v) is 7.52. The van der Waals surface area contributed by atoms with E-state index in [1.54, 1.807) is 24.3 Å². The maximum atomic E-state index is 12.7. The van der Waals surface area contributed by atoms with Gasteiger partial charge in [0, 0.05) is 3.57 Å². The van der Waals surface area contributed by atoms with E-state index < -0.39 is 34.6 Å². The van der Waals surface area contributed by atoms with Crippen LogP contribution in [0.15, 0.2) is 24.3 Å². The van der Waals surface area contributed by atoms with Crippen LogP contribution in [0.3, 0.4) is 0 Å². The number of benzene rings is 1. The van der Waals surface area contributed by atoms with Crippen molar-refractivity contribution in [3.05, 3.63) is 27.8 Å². The second-order valence-electron chi connectivity index (χ2n) is 3.52. The molecule has 1 N–H and O–H groups in total. The Morgan fingerprint density at radius 2 is 1.85 bits per heavy atom. The molecule has 1 aromatic carbocycles. The summed E-state index contributed by atoms with van der Waals surface area (Å²) in [4.78, 5) is 11.1. The monoisotopic (exact) mass is 422 g/mol. The zero-order valence-corrected chi connectivity index (χ0v) is 12.7. The first-order chi connectivity index (χ1) is 9.12. The molecule has 0 saturated heterocycles. The molecule has 0 heterocycles. The highest BCUT2D eigenvalue weighted by Crippen LogP contribution is 2.20. The summed E-state index contributed by atoms with van der Waals surface area (Å²) in [6.07, 6.45) is 0. The van der Waals surface area contributed by atoms with E-state index in [1.807, 2.05) is 0 Å². The minimum Gasteiger partial charge on any atom is -0.482 e. The van der Waals surface area contributed by atoms with Crippen molar-refractivity contribution in [2.75, 3.05) is 13.2 Å². The fourth-order valence-corrected chi connectivity index (χ4v) is 1.52. The van der Waals surface area contributed by atoms with Gasteiger partial charge < -0.3 is 9.47 Å². The Kier molecular flexibility index (Phi) is 5.65. The molecule has 6 nitrogen and oxygen atoms in total. The van der Waals surface area contributed by atoms with Crippen LogP contribution in [0.2, 0.25) is 0 Å². The largest absolute Gasteiger partial charge is 0.482 e. The third kappa shape index (κ3) is 5.17. The van der Waals surface area contributed by atoms with Gasteiger partial charge in [-0.05, 0) is 46.9 Å². The number of carbonyl (C=O) groups excluding carboxylic acids is 1. The highest BCUT2D eigenvalue weighted by molar-refractivity contribution is 14.1. The van der Waals surface area contributed by atoms with Crippen LogP contribution >= 0.6 is 22.6 Å². The van der Waals surface area contributed by atoms with E-state index in [1.165, 1.54) is 0 Å². The number of carbonyl (C=O) groups is 1. The minimum absolute atomic E-state index is 0.323. The van der Waals surface area contributed by atoms with Gasteiger partial charge in [0.1, 0.15) is 5.75 Å². The summed E-state index contributed by atoms with van der Waals surface area (Å²) in [5.74, 6) is -0.865. The summed E-state index contributed by atoms with van der Waals surface area (Å²) in [5.41, 5.74) is 0. The van der Waals surface area contributed by atoms with E-state index in [9.17, 15) is 22.0 Å². The summed E-state index contributed by atoms with van der Waals surface area (Å²) >= 11 is 2.06. The van der Waals surface area contributed by atoms with Crippen LogP contribution in [0.4, 0.5) is 8.78 Å². The second-order valence-corrected chi connectivity index (χ2v) is 6.31. The molecule has 0 aliphatic heterocycles. The smallest absolute Gasteiger partial charge is 0.402 e. The van der Waals surface area contributed by atoms with Gasteiger partial charge in [0.05, 0.1) is 0 Å². The Morgan fingerprint density at radius 3 is 2.35 bits per heavy atom. The summed E-state index contributed by atoms with van der Waals surface area (Å²) in [6, 6.07) is 6.52. The lowest BCUT2D eigenvalue weighted by molar-refractivity contribution is -0.151. The third-order valence-electron chi connectivity index (χ3n) is 1.95. The quantitative estimate of drug-likeness (QED) is 0.427. The fraction of sp³-hybridized carbons (Fsp3) is 0.300. The van der Waals surface area contributed by atoms with Crippen molar-refractivity contribution >= 4 is 38.7 Å². The molecule has 0 spiro atoms. The Bertz CT molecular complexity index is 572. The van der Waals surface area contributed by atoms with Gasteiger partial charge in [-0.3, -0.25) is 4.55 Å². The molecule has 0 amide bonds. The van der Waals surface area contributed by atoms with Crippen LogP contribution in [0.25, 0.3) is 0 Å². The van der Waals surface area contributed by atoms with E-state index in [2.05, 4.69) is 27.3 Å². The standard InChI is InChI=1S/C10H9F2IO6S/c11-10(12,20(15,16)17)6-19-9(14)5-18-8-3-1-7(13)2-4-8/h1-4H,5-6H2,(H,15,16,17). The molecule has 0 atom stereocenters. The van der Waals surface area contributed by atoms with Gasteiger partial charge in [0.15, 0.2) is 13.2 Å². The van der Waals surface area contributed by atoms with Gasteiger partial charge in [0.2, 0.25) is 0 Å². The number of hydrogen-bond donors (Lipinski definition) is 1. The molecule has 10 heteroatoms. The summed E-state index contributed by atoms with van der Waals surface area (Å²) < 4.78 is 64.1. The first kappa shape index (κ1) is 17.0. The van der Waals surface area contributed by atoms with Crippen molar-refractivity contribution < 1.29 is 36.0 Å². The molecular weight excluding hydrogens is 413 g/mol. The van der Waals surface area contributed by atoms with Crippen molar-refractivity contribution in [2.45, 2.75) is 5.25 Å². The molecule has 0 aliphatic carbocycles. The predicted octanol–water partition coefficient (Wildman–Crippen LogP) is 1.69. The van der Waals surface area contributed by atoms with Gasteiger partial charge in [0.25, 0.3) is 0 Å². The number of rotatable bonds is 6. The number of alkyl halides is 2. The number of hydrogen-bond acceptors (Lipinski definition) is 5. The van der Waals surface area contributed by atoms with Crippen LogP contribution in [0.1, 0.15) is 0 Å². The van der Waals surface area contributed by atoms with Gasteiger partial charge >= 0.3 is 21.3 Å². The average molecular weight is 422 g/mol. The van der Waals surface area contributed by atoms with Crippen molar-refractivity contribution in [1.29, 1.82) is 0 Å². The number of esters is 1. The van der Waals surface area contributed by atoms with Crippen molar-refractivity contribution in [2.24, 2.45) is 0 Å². The van der Waals surface area contributed by atoms with Gasteiger partial charge in [-0.2, -0.15) is 17.2 Å². The SMILES string of the molecule is O=C(COc1ccc(I)cc1)OCC(F)(F)S(=O)(=O)O. The molecule has 1 aromatic rings. The van der Waals surface area contributed by atoms with Crippen molar-refractivity contribution in [3.63, 3.8) is 0 Å². The maximum absolute atomic E-state index is 12.7. The molecule has 0 fully saturated rings. The van der Waals surface area contributed by atoms with Crippen molar-refractivity contribution in [3.8, 4) is 5.75 Å². The van der Waals surface area contributed by atoms with E-state index >= 15 is 0 Å². The number of ether oxygens (including phenoxy) is 2. The summed E-state index contributed by atoms with van der Waals surface area (Å²) in [6.45, 7) is -2.44. The normalized spacial score (nSPS) is 12.0. The van der Waals surface area contributed by atoms with Crippen molar-refractivity contribution in [1.82, 2.24) is 0 Å². The molecule has 0 aliphatic rings. The Hall–Kier alpha value is -1.01. The van der Waals surface area contributed by atoms with Crippen LogP contribution in [0.5, 0.6) is 5.75 Å². The molecule has 0 bridgehead atoms. The topological polar surface area (TPSA) is 89.9 Å². The summed E-state index contributed by atoms with van der Waals surface area (Å²) in [5, 5.41) is -4.55. The highest BCUT2D eigenvalue weighted by Gasteiger charge is 2.45. The molecule has 112 valence electrons. The van der Waals surface area contributed by atoms with Crippen LogP contribution in [-0.2, 0) is 19.6 Å². The van der Waals surface area contributed by atoms with E-state index in [0.29, 0.717) is 5.75 Å². The summed E-state index contributed by atoms with van der Waals surface area (Å²) in [7, 11) is -5.62. The number of halogens is 3. The van der Waals surface area contributed by atoms with Gasteiger partial charge in [-0.25, -0.2) is 4.79 Å². The minimum atomic E-state index is -5.62. The lowest BCUT2D eigenvalue weighted by atomic mass is 10.3. The molecule has 0 radical (unpaired) electrons. The van der Waals surface area contributed by atoms with Gasteiger partial charge in [-0.15, -0.1) is 0 Å². The highest BCUT2D eigenvalue weighted by atomic mass is 127. The zero-order valence-electron chi connectivity index (χ0n) is 9.75. The first-order valence-electron chi connectivity index (χ1n) is 5.01. The molecule has 0 saturated carbocycles. The maximum Gasteiger partial charge on any atom is 0.402 e.